The molecule has 1 aromatic carbocycles. The smallest absolute Gasteiger partial charge is 0.0604 e. The molecule has 20 heavy (non-hydrogen) atoms. The van der Waals surface area contributed by atoms with E-state index in [1.165, 1.54) is 17.5 Å². The van der Waals surface area contributed by atoms with Crippen LogP contribution in [0.15, 0.2) is 24.3 Å². The molecule has 2 nitrogen and oxygen atoms in total. The molecule has 0 aromatic heterocycles. The van der Waals surface area contributed by atoms with Crippen molar-refractivity contribution in [1.82, 2.24) is 5.32 Å². The minimum absolute atomic E-state index is 0.427. The fourth-order valence-corrected chi connectivity index (χ4v) is 2.94. The maximum atomic E-state index is 5.61. The molecule has 2 heteroatoms. The van der Waals surface area contributed by atoms with E-state index in [4.69, 9.17) is 4.74 Å². The molecule has 1 aromatic rings. The summed E-state index contributed by atoms with van der Waals surface area (Å²) in [6, 6.07) is 10.1. The molecule has 1 atom stereocenters. The lowest BCUT2D eigenvalue weighted by Crippen LogP contribution is -2.46. The van der Waals surface area contributed by atoms with Crippen LogP contribution in [0, 0.1) is 5.92 Å². The summed E-state index contributed by atoms with van der Waals surface area (Å²) in [5.41, 5.74) is 2.83. The van der Waals surface area contributed by atoms with Gasteiger partial charge in [0.1, 0.15) is 0 Å². The third-order valence-electron chi connectivity index (χ3n) is 4.11. The summed E-state index contributed by atoms with van der Waals surface area (Å²) in [6.07, 6.45) is 3.96. The number of rotatable bonds is 7. The van der Waals surface area contributed by atoms with Gasteiger partial charge in [-0.2, -0.15) is 0 Å². The Bertz CT molecular complexity index is 392. The van der Waals surface area contributed by atoms with Crippen molar-refractivity contribution in [3.63, 3.8) is 0 Å². The second-order valence-electron chi connectivity index (χ2n) is 6.47. The lowest BCUT2D eigenvalue weighted by molar-refractivity contribution is -0.0120. The highest BCUT2D eigenvalue weighted by Crippen LogP contribution is 2.26. The fraction of sp³-hybridized carbons (Fsp3) is 0.667. The van der Waals surface area contributed by atoms with Gasteiger partial charge in [-0.15, -0.1) is 0 Å². The van der Waals surface area contributed by atoms with Gasteiger partial charge < -0.3 is 10.1 Å². The molecule has 1 saturated carbocycles. The van der Waals surface area contributed by atoms with Crippen molar-refractivity contribution >= 4 is 0 Å². The first-order valence-electron chi connectivity index (χ1n) is 8.05. The van der Waals surface area contributed by atoms with Gasteiger partial charge in [-0.3, -0.25) is 0 Å². The Labute approximate surface area is 123 Å². The van der Waals surface area contributed by atoms with Gasteiger partial charge in [-0.1, -0.05) is 38.1 Å². The van der Waals surface area contributed by atoms with Crippen molar-refractivity contribution in [3.05, 3.63) is 35.4 Å². The Morgan fingerprint density at radius 1 is 1.15 bits per heavy atom. The molecule has 1 aliphatic rings. The third-order valence-corrected chi connectivity index (χ3v) is 4.11. The van der Waals surface area contributed by atoms with E-state index in [1.807, 2.05) is 0 Å². The molecule has 0 spiro atoms. The van der Waals surface area contributed by atoms with E-state index in [2.05, 4.69) is 57.3 Å². The summed E-state index contributed by atoms with van der Waals surface area (Å²) >= 11 is 0. The number of ether oxygens (including phenoxy) is 1. The minimum Gasteiger partial charge on any atom is -0.378 e. The van der Waals surface area contributed by atoms with Gasteiger partial charge in [0.25, 0.3) is 0 Å². The first-order valence-corrected chi connectivity index (χ1v) is 8.05. The zero-order valence-corrected chi connectivity index (χ0v) is 13.4. The summed E-state index contributed by atoms with van der Waals surface area (Å²) in [5, 5.41) is 3.70. The van der Waals surface area contributed by atoms with Gasteiger partial charge in [0.15, 0.2) is 0 Å². The van der Waals surface area contributed by atoms with Crippen molar-refractivity contribution in [3.8, 4) is 0 Å². The van der Waals surface area contributed by atoms with Gasteiger partial charge in [0.2, 0.25) is 0 Å². The van der Waals surface area contributed by atoms with Crippen LogP contribution in [0.5, 0.6) is 0 Å². The molecule has 1 aliphatic carbocycles. The average molecular weight is 275 g/mol. The maximum Gasteiger partial charge on any atom is 0.0604 e. The van der Waals surface area contributed by atoms with Crippen LogP contribution in [0.4, 0.5) is 0 Å². The quantitative estimate of drug-likeness (QED) is 0.809. The zero-order chi connectivity index (χ0) is 14.5. The molecule has 0 radical (unpaired) electrons. The van der Waals surface area contributed by atoms with Crippen LogP contribution in [-0.2, 0) is 11.2 Å². The van der Waals surface area contributed by atoms with E-state index in [0.717, 1.165) is 25.4 Å². The van der Waals surface area contributed by atoms with E-state index in [9.17, 15) is 0 Å². The average Bonchev–Trinajstić information content (AvgIpc) is 2.36. The molecule has 1 fully saturated rings. The predicted octanol–water partition coefficient (Wildman–Crippen LogP) is 4.10. The number of hydrogen-bond donors (Lipinski definition) is 1. The van der Waals surface area contributed by atoms with Crippen LogP contribution in [0.2, 0.25) is 0 Å². The molecule has 0 heterocycles. The summed E-state index contributed by atoms with van der Waals surface area (Å²) in [4.78, 5) is 0. The topological polar surface area (TPSA) is 21.3 Å². The lowest BCUT2D eigenvalue weighted by Gasteiger charge is -2.37. The van der Waals surface area contributed by atoms with Crippen molar-refractivity contribution in [2.24, 2.45) is 5.92 Å². The van der Waals surface area contributed by atoms with Gasteiger partial charge in [0.05, 0.1) is 6.10 Å². The number of benzene rings is 1. The van der Waals surface area contributed by atoms with E-state index in [0.29, 0.717) is 18.2 Å². The Balaban J connectivity index is 1.79. The second-order valence-corrected chi connectivity index (χ2v) is 6.47. The van der Waals surface area contributed by atoms with Crippen LogP contribution in [0.25, 0.3) is 0 Å². The molecule has 2 rings (SSSR count). The second kappa shape index (κ2) is 7.24. The van der Waals surface area contributed by atoms with E-state index < -0.39 is 0 Å². The highest BCUT2D eigenvalue weighted by Gasteiger charge is 2.30. The molecule has 1 unspecified atom stereocenters. The lowest BCUT2D eigenvalue weighted by atomic mass is 9.88. The highest BCUT2D eigenvalue weighted by atomic mass is 16.5. The van der Waals surface area contributed by atoms with Crippen molar-refractivity contribution in [1.29, 1.82) is 0 Å². The summed E-state index contributed by atoms with van der Waals surface area (Å²) in [7, 11) is 0. The zero-order valence-electron chi connectivity index (χ0n) is 13.4. The van der Waals surface area contributed by atoms with Gasteiger partial charge >= 0.3 is 0 Å². The largest absolute Gasteiger partial charge is 0.378 e. The molecule has 0 bridgehead atoms. The Morgan fingerprint density at radius 2 is 1.80 bits per heavy atom. The van der Waals surface area contributed by atoms with Crippen LogP contribution in [0.1, 0.15) is 57.7 Å². The Hall–Kier alpha value is -0.860. The number of hydrogen-bond acceptors (Lipinski definition) is 2. The highest BCUT2D eigenvalue weighted by molar-refractivity contribution is 5.25. The van der Waals surface area contributed by atoms with E-state index >= 15 is 0 Å². The van der Waals surface area contributed by atoms with Gasteiger partial charge in [-0.25, -0.2) is 0 Å². The molecule has 1 N–H and O–H groups in total. The van der Waals surface area contributed by atoms with Crippen molar-refractivity contribution in [2.45, 2.75) is 65.1 Å². The van der Waals surface area contributed by atoms with E-state index in [-0.39, 0.29) is 0 Å². The predicted molar refractivity (Wildman–Crippen MR) is 85.0 cm³/mol. The van der Waals surface area contributed by atoms with Crippen molar-refractivity contribution < 1.29 is 4.74 Å². The fourth-order valence-electron chi connectivity index (χ4n) is 2.94. The number of nitrogens with one attached hydrogen (secondary N) is 1. The first-order chi connectivity index (χ1) is 9.58. The van der Waals surface area contributed by atoms with Crippen LogP contribution in [-0.4, -0.2) is 18.8 Å². The molecule has 112 valence electrons. The molecule has 0 aliphatic heterocycles. The van der Waals surface area contributed by atoms with Gasteiger partial charge in [0, 0.05) is 18.7 Å². The minimum atomic E-state index is 0.427. The normalized spacial score (nSPS) is 23.6. The molecule has 0 amide bonds. The van der Waals surface area contributed by atoms with Gasteiger partial charge in [-0.05, 0) is 50.2 Å². The van der Waals surface area contributed by atoms with Crippen LogP contribution in [0.3, 0.4) is 0 Å². The van der Waals surface area contributed by atoms with Crippen LogP contribution < -0.4 is 5.32 Å². The van der Waals surface area contributed by atoms with Crippen molar-refractivity contribution in [2.75, 3.05) is 6.61 Å². The Kier molecular flexibility index (Phi) is 5.62. The third kappa shape index (κ3) is 4.32. The summed E-state index contributed by atoms with van der Waals surface area (Å²) in [6.45, 7) is 9.70. The SMILES string of the molecule is CCOC1CC(NC(C)c2ccc(CC(C)C)cc2)C1. The molecule has 0 saturated heterocycles. The summed E-state index contributed by atoms with van der Waals surface area (Å²) in [5.74, 6) is 0.724. The first kappa shape index (κ1) is 15.5. The monoisotopic (exact) mass is 275 g/mol. The standard InChI is InChI=1S/C18H29NO/c1-5-20-18-11-17(12-18)19-14(4)16-8-6-15(7-9-16)10-13(2)3/h6-9,13-14,17-19H,5,10-12H2,1-4H3. The molecular weight excluding hydrogens is 246 g/mol. The van der Waals surface area contributed by atoms with Crippen LogP contribution >= 0.6 is 0 Å². The van der Waals surface area contributed by atoms with E-state index in [1.54, 1.807) is 0 Å². The summed E-state index contributed by atoms with van der Waals surface area (Å²) < 4.78 is 5.61. The molecular formula is C18H29NO. The maximum absolute atomic E-state index is 5.61. The Morgan fingerprint density at radius 3 is 2.35 bits per heavy atom.